The first-order chi connectivity index (χ1) is 10.5. The summed E-state index contributed by atoms with van der Waals surface area (Å²) in [5.74, 6) is 3.76. The third-order valence-corrected chi connectivity index (χ3v) is 4.58. The van der Waals surface area contributed by atoms with Crippen molar-refractivity contribution >= 4 is 28.1 Å². The van der Waals surface area contributed by atoms with Crippen LogP contribution >= 0.6 is 10.5 Å². The van der Waals surface area contributed by atoms with E-state index in [1.807, 2.05) is 36.6 Å². The highest BCUT2D eigenvalue weighted by molar-refractivity contribution is 8.13. The van der Waals surface area contributed by atoms with Gasteiger partial charge < -0.3 is 0 Å². The first kappa shape index (κ1) is 15.9. The predicted octanol–water partition coefficient (Wildman–Crippen LogP) is 3.09. The summed E-state index contributed by atoms with van der Waals surface area (Å²) < 4.78 is 0. The number of nitriles is 1. The highest BCUT2D eigenvalue weighted by Crippen LogP contribution is 2.28. The molecule has 0 aliphatic carbocycles. The van der Waals surface area contributed by atoms with Crippen LogP contribution in [0.15, 0.2) is 52.5 Å². The zero-order valence-electron chi connectivity index (χ0n) is 12.6. The van der Waals surface area contributed by atoms with Crippen LogP contribution in [0.4, 0.5) is 0 Å². The molecule has 0 spiro atoms. The van der Waals surface area contributed by atoms with Crippen molar-refractivity contribution in [3.63, 3.8) is 0 Å². The number of nitrogens with zero attached hydrogens (tertiary/aromatic N) is 2. The van der Waals surface area contributed by atoms with Gasteiger partial charge in [0.25, 0.3) is 5.91 Å². The summed E-state index contributed by atoms with van der Waals surface area (Å²) >= 11 is 0. The van der Waals surface area contributed by atoms with Gasteiger partial charge in [-0.15, -0.1) is 0 Å². The molecule has 112 valence electrons. The standard InChI is InChI=1S/C17H17N3OS/c1-4-12-9-14(10-18)17(21)20(16(12)19)11-13-7-5-6-8-15(13)22(2)3/h4-9,19H,2,11H2,1,3H3/b12-4-,19-16?. The molecule has 1 aromatic rings. The molecule has 1 amide bonds. The Kier molecular flexibility index (Phi) is 4.74. The first-order valence-electron chi connectivity index (χ1n) is 6.72. The smallest absolute Gasteiger partial charge is 0.270 e. The molecular weight excluding hydrogens is 294 g/mol. The molecule has 1 aliphatic rings. The van der Waals surface area contributed by atoms with Gasteiger partial charge in [-0.2, -0.15) is 15.7 Å². The quantitative estimate of drug-likeness (QED) is 0.872. The van der Waals surface area contributed by atoms with E-state index >= 15 is 0 Å². The molecule has 1 unspecified atom stereocenters. The minimum Gasteiger partial charge on any atom is -0.288 e. The Morgan fingerprint density at radius 3 is 2.73 bits per heavy atom. The number of carbonyl (C=O) groups excluding carboxylic acids is 1. The summed E-state index contributed by atoms with van der Waals surface area (Å²) in [5, 5.41) is 17.3. The van der Waals surface area contributed by atoms with Crippen LogP contribution in [0.25, 0.3) is 0 Å². The van der Waals surface area contributed by atoms with E-state index in [1.54, 1.807) is 13.0 Å². The first-order valence-corrected chi connectivity index (χ1v) is 8.52. The maximum Gasteiger partial charge on any atom is 0.270 e. The van der Waals surface area contributed by atoms with E-state index in [9.17, 15) is 4.79 Å². The van der Waals surface area contributed by atoms with Gasteiger partial charge in [0, 0.05) is 10.5 Å². The minimum atomic E-state index is -0.423. The van der Waals surface area contributed by atoms with E-state index in [0.29, 0.717) is 5.57 Å². The van der Waals surface area contributed by atoms with Gasteiger partial charge in [0.15, 0.2) is 0 Å². The SMILES string of the molecule is C=S(C)c1ccccc1CN1C(=N)/C(=C\C)C=C(C#N)C1=O. The molecule has 4 nitrogen and oxygen atoms in total. The molecular formula is C17H17N3OS. The van der Waals surface area contributed by atoms with Crippen LogP contribution in [0.2, 0.25) is 0 Å². The fourth-order valence-electron chi connectivity index (χ4n) is 2.28. The van der Waals surface area contributed by atoms with Crippen LogP contribution < -0.4 is 0 Å². The second kappa shape index (κ2) is 6.54. The van der Waals surface area contributed by atoms with Crippen molar-refractivity contribution < 1.29 is 4.79 Å². The Hall–Kier alpha value is -2.45. The molecule has 5 heteroatoms. The lowest BCUT2D eigenvalue weighted by molar-refractivity contribution is -0.123. The molecule has 0 bridgehead atoms. The highest BCUT2D eigenvalue weighted by atomic mass is 32.2. The molecule has 0 aromatic heterocycles. The van der Waals surface area contributed by atoms with E-state index in [2.05, 4.69) is 5.87 Å². The number of hydrogen-bond donors (Lipinski definition) is 1. The van der Waals surface area contributed by atoms with Gasteiger partial charge in [-0.3, -0.25) is 15.1 Å². The van der Waals surface area contributed by atoms with Gasteiger partial charge in [0.1, 0.15) is 17.5 Å². The summed E-state index contributed by atoms with van der Waals surface area (Å²) in [4.78, 5) is 14.8. The maximum absolute atomic E-state index is 12.4. The lowest BCUT2D eigenvalue weighted by Crippen LogP contribution is -2.40. The van der Waals surface area contributed by atoms with Crippen LogP contribution in [-0.2, 0) is 11.3 Å². The van der Waals surface area contributed by atoms with Gasteiger partial charge in [0.05, 0.1) is 6.54 Å². The Morgan fingerprint density at radius 2 is 2.14 bits per heavy atom. The van der Waals surface area contributed by atoms with E-state index in [4.69, 9.17) is 10.7 Å². The summed E-state index contributed by atoms with van der Waals surface area (Å²) in [6, 6.07) is 9.68. The number of amides is 1. The average molecular weight is 311 g/mol. The Bertz CT molecular complexity index is 768. The second-order valence-electron chi connectivity index (χ2n) is 4.90. The van der Waals surface area contributed by atoms with Crippen LogP contribution in [0, 0.1) is 16.7 Å². The largest absolute Gasteiger partial charge is 0.288 e. The number of carbonyl (C=O) groups is 1. The molecule has 0 saturated carbocycles. The van der Waals surface area contributed by atoms with Crippen molar-refractivity contribution in [3.8, 4) is 6.07 Å². The van der Waals surface area contributed by atoms with Crippen molar-refractivity contribution in [2.24, 2.45) is 0 Å². The fraction of sp³-hybridized carbons (Fsp3) is 0.176. The van der Waals surface area contributed by atoms with Gasteiger partial charge in [-0.25, -0.2) is 0 Å². The molecule has 2 rings (SSSR count). The number of allylic oxidation sites excluding steroid dienone is 1. The van der Waals surface area contributed by atoms with E-state index in [-0.39, 0.29) is 28.4 Å². The van der Waals surface area contributed by atoms with Crippen molar-refractivity contribution in [2.75, 3.05) is 6.26 Å². The third kappa shape index (κ3) is 2.92. The number of amidine groups is 1. The lowest BCUT2D eigenvalue weighted by Gasteiger charge is -2.28. The highest BCUT2D eigenvalue weighted by Gasteiger charge is 2.29. The molecule has 0 radical (unpaired) electrons. The van der Waals surface area contributed by atoms with E-state index < -0.39 is 5.91 Å². The van der Waals surface area contributed by atoms with Crippen molar-refractivity contribution in [1.29, 1.82) is 10.7 Å². The minimum absolute atomic E-state index is 0.0618. The summed E-state index contributed by atoms with van der Waals surface area (Å²) in [6.07, 6.45) is 5.22. The fourth-order valence-corrected chi connectivity index (χ4v) is 3.18. The molecule has 1 atom stereocenters. The third-order valence-electron chi connectivity index (χ3n) is 3.43. The molecule has 1 aromatic carbocycles. The van der Waals surface area contributed by atoms with Gasteiger partial charge in [-0.05, 0) is 30.9 Å². The van der Waals surface area contributed by atoms with Crippen molar-refractivity contribution in [3.05, 3.63) is 53.1 Å². The number of hydrogen-bond acceptors (Lipinski definition) is 3. The predicted molar refractivity (Wildman–Crippen MR) is 91.1 cm³/mol. The van der Waals surface area contributed by atoms with Gasteiger partial charge >= 0.3 is 0 Å². The van der Waals surface area contributed by atoms with Crippen LogP contribution in [-0.4, -0.2) is 28.8 Å². The zero-order valence-corrected chi connectivity index (χ0v) is 13.4. The zero-order chi connectivity index (χ0) is 16.3. The van der Waals surface area contributed by atoms with Gasteiger partial charge in [-0.1, -0.05) is 30.1 Å². The summed E-state index contributed by atoms with van der Waals surface area (Å²) in [5.41, 5.74) is 1.60. The Labute approximate surface area is 132 Å². The van der Waals surface area contributed by atoms with E-state index in [0.717, 1.165) is 10.5 Å². The van der Waals surface area contributed by atoms with Crippen molar-refractivity contribution in [2.45, 2.75) is 18.4 Å². The summed E-state index contributed by atoms with van der Waals surface area (Å²) in [6.45, 7) is 2.06. The van der Waals surface area contributed by atoms with Crippen LogP contribution in [0.1, 0.15) is 12.5 Å². The maximum atomic E-state index is 12.4. The number of nitrogens with one attached hydrogen (secondary N) is 1. The van der Waals surface area contributed by atoms with Crippen molar-refractivity contribution in [1.82, 2.24) is 4.90 Å². The normalized spacial score (nSPS) is 18.1. The molecule has 1 N–H and O–H groups in total. The van der Waals surface area contributed by atoms with Crippen LogP contribution in [0.3, 0.4) is 0 Å². The Morgan fingerprint density at radius 1 is 1.45 bits per heavy atom. The van der Waals surface area contributed by atoms with Crippen LogP contribution in [0.5, 0.6) is 0 Å². The second-order valence-corrected chi connectivity index (χ2v) is 6.61. The van der Waals surface area contributed by atoms with E-state index in [1.165, 1.54) is 11.0 Å². The summed E-state index contributed by atoms with van der Waals surface area (Å²) in [7, 11) is -0.191. The van der Waals surface area contributed by atoms with Gasteiger partial charge in [0.2, 0.25) is 0 Å². The topological polar surface area (TPSA) is 68.0 Å². The molecule has 1 heterocycles. The molecule has 0 fully saturated rings. The lowest BCUT2D eigenvalue weighted by atomic mass is 10.0. The average Bonchev–Trinajstić information content (AvgIpc) is 2.52. The monoisotopic (exact) mass is 311 g/mol. The molecule has 1 aliphatic heterocycles. The Balaban J connectivity index is 2.44. The number of rotatable bonds is 3. The molecule has 0 saturated heterocycles. The number of benzene rings is 1. The molecule has 22 heavy (non-hydrogen) atoms.